The summed E-state index contributed by atoms with van der Waals surface area (Å²) in [7, 11) is 0. The largest absolute Gasteiger partial charge is 0.349 e. The highest BCUT2D eigenvalue weighted by Gasteiger charge is 2.20. The molecule has 0 aliphatic carbocycles. The maximum absolute atomic E-state index is 13.3. The van der Waals surface area contributed by atoms with E-state index in [0.717, 1.165) is 24.4 Å². The summed E-state index contributed by atoms with van der Waals surface area (Å²) in [5, 5.41) is 12.7. The third kappa shape index (κ3) is 4.28. The Bertz CT molecular complexity index is 917. The van der Waals surface area contributed by atoms with Gasteiger partial charge in [-0.05, 0) is 74.0 Å². The second kappa shape index (κ2) is 8.62. The number of hydrogen-bond acceptors (Lipinski definition) is 5. The Kier molecular flexibility index (Phi) is 5.78. The molecule has 0 bridgehead atoms. The molecular weight excluding hydrogens is 377 g/mol. The van der Waals surface area contributed by atoms with Crippen LogP contribution in [0, 0.1) is 11.7 Å². The van der Waals surface area contributed by atoms with Gasteiger partial charge in [-0.1, -0.05) is 6.07 Å². The predicted octanol–water partition coefficient (Wildman–Crippen LogP) is 3.25. The van der Waals surface area contributed by atoms with E-state index < -0.39 is 0 Å². The van der Waals surface area contributed by atoms with Crippen molar-refractivity contribution in [1.82, 2.24) is 25.4 Å². The molecule has 4 rings (SSSR count). The molecule has 1 fully saturated rings. The van der Waals surface area contributed by atoms with Gasteiger partial charge in [-0.2, -0.15) is 0 Å². The van der Waals surface area contributed by atoms with E-state index in [0.29, 0.717) is 24.0 Å². The first-order chi connectivity index (χ1) is 13.7. The van der Waals surface area contributed by atoms with Crippen molar-refractivity contribution >= 4 is 17.2 Å². The first kappa shape index (κ1) is 18.8. The Morgan fingerprint density at radius 3 is 2.89 bits per heavy atom. The smallest absolute Gasteiger partial charge is 0.290 e. The number of piperidine rings is 1. The highest BCUT2D eigenvalue weighted by atomic mass is 32.1. The zero-order chi connectivity index (χ0) is 19.3. The maximum atomic E-state index is 13.3. The van der Waals surface area contributed by atoms with Crippen LogP contribution in [0.4, 0.5) is 4.39 Å². The lowest BCUT2D eigenvalue weighted by molar-refractivity contribution is 0.0940. The van der Waals surface area contributed by atoms with Crippen LogP contribution in [0.2, 0.25) is 0 Å². The van der Waals surface area contributed by atoms with E-state index in [1.165, 1.54) is 36.3 Å². The molecule has 1 unspecified atom stereocenters. The summed E-state index contributed by atoms with van der Waals surface area (Å²) >= 11 is 1.51. The lowest BCUT2D eigenvalue weighted by atomic mass is 9.96. The van der Waals surface area contributed by atoms with Gasteiger partial charge >= 0.3 is 0 Å². The molecule has 1 aliphatic heterocycles. The fourth-order valence-corrected chi connectivity index (χ4v) is 4.07. The van der Waals surface area contributed by atoms with Gasteiger partial charge in [0.2, 0.25) is 5.82 Å². The lowest BCUT2D eigenvalue weighted by Gasteiger charge is -2.22. The minimum Gasteiger partial charge on any atom is -0.349 e. The number of benzene rings is 1. The number of aromatic nitrogens is 3. The van der Waals surface area contributed by atoms with Gasteiger partial charge in [-0.3, -0.25) is 4.79 Å². The first-order valence-corrected chi connectivity index (χ1v) is 10.3. The fraction of sp³-hybridized carbons (Fsp3) is 0.350. The van der Waals surface area contributed by atoms with Crippen LogP contribution >= 0.6 is 11.3 Å². The van der Waals surface area contributed by atoms with Crippen molar-refractivity contribution in [2.24, 2.45) is 5.92 Å². The number of hydrogen-bond donors (Lipinski definition) is 2. The number of nitrogens with one attached hydrogen (secondary N) is 2. The molecule has 2 aromatic heterocycles. The summed E-state index contributed by atoms with van der Waals surface area (Å²) in [6, 6.07) is 9.83. The van der Waals surface area contributed by atoms with Gasteiger partial charge in [0.1, 0.15) is 5.82 Å². The number of thiophene rings is 1. The van der Waals surface area contributed by atoms with E-state index >= 15 is 0 Å². The zero-order valence-electron chi connectivity index (χ0n) is 15.4. The van der Waals surface area contributed by atoms with E-state index in [9.17, 15) is 9.18 Å². The van der Waals surface area contributed by atoms with Crippen molar-refractivity contribution in [2.75, 3.05) is 19.6 Å². The molecule has 1 atom stereocenters. The first-order valence-electron chi connectivity index (χ1n) is 9.46. The van der Waals surface area contributed by atoms with Crippen LogP contribution in [0.1, 0.15) is 29.9 Å². The van der Waals surface area contributed by atoms with Gasteiger partial charge < -0.3 is 10.6 Å². The number of halogens is 1. The van der Waals surface area contributed by atoms with Crippen molar-refractivity contribution in [3.05, 3.63) is 53.4 Å². The van der Waals surface area contributed by atoms with Crippen molar-refractivity contribution in [1.29, 1.82) is 0 Å². The molecule has 2 N–H and O–H groups in total. The topological polar surface area (TPSA) is 71.8 Å². The van der Waals surface area contributed by atoms with Gasteiger partial charge in [0.25, 0.3) is 5.91 Å². The molecule has 0 radical (unpaired) electrons. The van der Waals surface area contributed by atoms with Crippen molar-refractivity contribution in [3.63, 3.8) is 0 Å². The zero-order valence-corrected chi connectivity index (χ0v) is 16.2. The molecule has 146 valence electrons. The number of carbonyl (C=O) groups excluding carboxylic acids is 1. The van der Waals surface area contributed by atoms with E-state index in [4.69, 9.17) is 0 Å². The third-order valence-electron chi connectivity index (χ3n) is 4.86. The van der Waals surface area contributed by atoms with Crippen molar-refractivity contribution in [3.8, 4) is 16.4 Å². The summed E-state index contributed by atoms with van der Waals surface area (Å²) in [5.41, 5.74) is 0.657. The lowest BCUT2D eigenvalue weighted by Crippen LogP contribution is -2.33. The molecule has 8 heteroatoms. The van der Waals surface area contributed by atoms with Crippen LogP contribution in [0.5, 0.6) is 0 Å². The molecule has 1 aliphatic rings. The molecule has 1 amide bonds. The molecule has 1 saturated heterocycles. The van der Waals surface area contributed by atoms with Crippen LogP contribution in [-0.2, 0) is 0 Å². The van der Waals surface area contributed by atoms with Crippen LogP contribution in [0.25, 0.3) is 16.4 Å². The number of amides is 1. The molecule has 6 nitrogen and oxygen atoms in total. The van der Waals surface area contributed by atoms with E-state index in [1.54, 1.807) is 16.8 Å². The second-order valence-corrected chi connectivity index (χ2v) is 7.83. The van der Waals surface area contributed by atoms with Crippen molar-refractivity contribution in [2.45, 2.75) is 19.3 Å². The quantitative estimate of drug-likeness (QED) is 0.667. The number of carbonyl (C=O) groups is 1. The van der Waals surface area contributed by atoms with Crippen LogP contribution in [-0.4, -0.2) is 40.3 Å². The summed E-state index contributed by atoms with van der Waals surface area (Å²) in [5.74, 6) is 0.678. The van der Waals surface area contributed by atoms with E-state index in [1.807, 2.05) is 17.5 Å². The van der Waals surface area contributed by atoms with Gasteiger partial charge in [0.15, 0.2) is 5.82 Å². The standard InChI is InChI=1S/C20H22FN5OS/c21-15-5-7-16(8-6-15)26-19(17-4-2-12-28-17)24-18(25-26)20(27)23-11-9-14-3-1-10-22-13-14/h2,4-8,12,14,22H,1,3,9-11,13H2,(H,23,27). The summed E-state index contributed by atoms with van der Waals surface area (Å²) in [6.45, 7) is 2.69. The van der Waals surface area contributed by atoms with Crippen LogP contribution in [0.3, 0.4) is 0 Å². The average Bonchev–Trinajstić information content (AvgIpc) is 3.39. The molecule has 1 aromatic carbocycles. The van der Waals surface area contributed by atoms with Gasteiger partial charge in [-0.25, -0.2) is 14.1 Å². The monoisotopic (exact) mass is 399 g/mol. The van der Waals surface area contributed by atoms with Gasteiger partial charge in [0.05, 0.1) is 10.6 Å². The van der Waals surface area contributed by atoms with Gasteiger partial charge in [0, 0.05) is 6.54 Å². The van der Waals surface area contributed by atoms with E-state index in [2.05, 4.69) is 20.7 Å². The Hall–Kier alpha value is -2.58. The Labute approximate surface area is 166 Å². The van der Waals surface area contributed by atoms with Crippen LogP contribution < -0.4 is 10.6 Å². The summed E-state index contributed by atoms with van der Waals surface area (Å²) < 4.78 is 14.9. The van der Waals surface area contributed by atoms with Gasteiger partial charge in [-0.15, -0.1) is 16.4 Å². The second-order valence-electron chi connectivity index (χ2n) is 6.88. The SMILES string of the molecule is O=C(NCCC1CCCNC1)c1nc(-c2cccs2)n(-c2ccc(F)cc2)n1. The molecule has 28 heavy (non-hydrogen) atoms. The van der Waals surface area contributed by atoms with E-state index in [-0.39, 0.29) is 17.5 Å². The fourth-order valence-electron chi connectivity index (χ4n) is 3.38. The minimum absolute atomic E-state index is 0.120. The molecule has 3 heterocycles. The predicted molar refractivity (Wildman–Crippen MR) is 107 cm³/mol. The molecule has 0 saturated carbocycles. The minimum atomic E-state index is -0.322. The normalized spacial score (nSPS) is 16.8. The third-order valence-corrected chi connectivity index (χ3v) is 5.73. The molecule has 3 aromatic rings. The van der Waals surface area contributed by atoms with Crippen LogP contribution in [0.15, 0.2) is 41.8 Å². The maximum Gasteiger partial charge on any atom is 0.290 e. The molecule has 0 spiro atoms. The summed E-state index contributed by atoms with van der Waals surface area (Å²) in [6.07, 6.45) is 3.32. The van der Waals surface area contributed by atoms with Crippen molar-refractivity contribution < 1.29 is 9.18 Å². The molecular formula is C20H22FN5OS. The number of nitrogens with zero attached hydrogens (tertiary/aromatic N) is 3. The highest BCUT2D eigenvalue weighted by Crippen LogP contribution is 2.25. The Morgan fingerprint density at radius 2 is 2.18 bits per heavy atom. The summed E-state index contributed by atoms with van der Waals surface area (Å²) in [4.78, 5) is 17.9. The Morgan fingerprint density at radius 1 is 1.32 bits per heavy atom. The average molecular weight is 399 g/mol. The number of rotatable bonds is 6. The Balaban J connectivity index is 1.51. The highest BCUT2D eigenvalue weighted by molar-refractivity contribution is 7.13.